The second-order valence-electron chi connectivity index (χ2n) is 2.37. The number of hydrogen-bond acceptors (Lipinski definition) is 4. The molecule has 3 atom stereocenters. The van der Waals surface area contributed by atoms with Crippen molar-refractivity contribution in [1.82, 2.24) is 0 Å². The van der Waals surface area contributed by atoms with Crippen LogP contribution in [0.15, 0.2) is 0 Å². The lowest BCUT2D eigenvalue weighted by molar-refractivity contribution is -0.133. The first kappa shape index (κ1) is 7.94. The third-order valence-corrected chi connectivity index (χ3v) is 1.70. The third kappa shape index (κ3) is 1.29. The number of methoxy groups -OCH3 is 1. The molecule has 0 spiro atoms. The van der Waals surface area contributed by atoms with Gasteiger partial charge in [0, 0.05) is 13.0 Å². The summed E-state index contributed by atoms with van der Waals surface area (Å²) in [5, 5.41) is 17.9. The van der Waals surface area contributed by atoms with Crippen molar-refractivity contribution in [3.05, 3.63) is 0 Å². The summed E-state index contributed by atoms with van der Waals surface area (Å²) >= 11 is 0. The number of rotatable bonds is 2. The van der Waals surface area contributed by atoms with Crippen LogP contribution in [-0.4, -0.2) is 42.9 Å². The Bertz CT molecular complexity index is 93.9. The first-order valence-corrected chi connectivity index (χ1v) is 3.23. The van der Waals surface area contributed by atoms with Gasteiger partial charge < -0.3 is 19.7 Å². The molecule has 1 heterocycles. The zero-order valence-corrected chi connectivity index (χ0v) is 5.86. The first-order chi connectivity index (χ1) is 4.79. The number of ether oxygens (including phenoxy) is 2. The fraction of sp³-hybridized carbons (Fsp3) is 1.00. The van der Waals surface area contributed by atoms with Gasteiger partial charge >= 0.3 is 0 Å². The van der Waals surface area contributed by atoms with Gasteiger partial charge in [0.1, 0.15) is 6.10 Å². The van der Waals surface area contributed by atoms with E-state index in [2.05, 4.69) is 0 Å². The quantitative estimate of drug-likeness (QED) is 0.525. The standard InChI is InChI=1S/C6H12O4/c1-9-6-5(8)4(2-7)3-10-6/h4-8H,2-3H2,1H3/t4-,5+,6+/m0/s1. The monoisotopic (exact) mass is 148 g/mol. The summed E-state index contributed by atoms with van der Waals surface area (Å²) in [4.78, 5) is 0. The molecule has 0 bridgehead atoms. The van der Waals surface area contributed by atoms with Crippen molar-refractivity contribution < 1.29 is 19.7 Å². The van der Waals surface area contributed by atoms with Crippen LogP contribution in [0.1, 0.15) is 0 Å². The van der Waals surface area contributed by atoms with Crippen molar-refractivity contribution in [2.75, 3.05) is 20.3 Å². The highest BCUT2D eigenvalue weighted by Gasteiger charge is 2.35. The van der Waals surface area contributed by atoms with E-state index in [1.54, 1.807) is 0 Å². The summed E-state index contributed by atoms with van der Waals surface area (Å²) in [6, 6.07) is 0. The predicted molar refractivity (Wildman–Crippen MR) is 33.3 cm³/mol. The molecule has 0 unspecified atom stereocenters. The lowest BCUT2D eigenvalue weighted by atomic mass is 10.1. The summed E-state index contributed by atoms with van der Waals surface area (Å²) < 4.78 is 9.76. The largest absolute Gasteiger partial charge is 0.396 e. The van der Waals surface area contributed by atoms with Gasteiger partial charge in [-0.1, -0.05) is 0 Å². The van der Waals surface area contributed by atoms with Crippen molar-refractivity contribution in [2.24, 2.45) is 5.92 Å². The molecule has 10 heavy (non-hydrogen) atoms. The molecule has 1 rings (SSSR count). The first-order valence-electron chi connectivity index (χ1n) is 3.23. The van der Waals surface area contributed by atoms with Crippen molar-refractivity contribution in [1.29, 1.82) is 0 Å². The van der Waals surface area contributed by atoms with E-state index in [9.17, 15) is 5.11 Å². The van der Waals surface area contributed by atoms with Crippen LogP contribution in [0.2, 0.25) is 0 Å². The van der Waals surface area contributed by atoms with Crippen LogP contribution < -0.4 is 0 Å². The maximum Gasteiger partial charge on any atom is 0.183 e. The second kappa shape index (κ2) is 3.30. The van der Waals surface area contributed by atoms with Gasteiger partial charge in [0.25, 0.3) is 0 Å². The summed E-state index contributed by atoms with van der Waals surface area (Å²) in [5.74, 6) is -0.190. The lowest BCUT2D eigenvalue weighted by Crippen LogP contribution is -2.29. The van der Waals surface area contributed by atoms with Gasteiger partial charge in [0.05, 0.1) is 13.2 Å². The SMILES string of the molecule is CO[C@@H]1OC[C@H](CO)[C@H]1O. The molecule has 1 aliphatic heterocycles. The molecule has 1 saturated heterocycles. The van der Waals surface area contributed by atoms with Crippen LogP contribution >= 0.6 is 0 Å². The Kier molecular flexibility index (Phi) is 2.62. The van der Waals surface area contributed by atoms with Crippen molar-refractivity contribution >= 4 is 0 Å². The number of aliphatic hydroxyl groups is 2. The molecule has 0 aromatic rings. The van der Waals surface area contributed by atoms with Gasteiger partial charge in [-0.3, -0.25) is 0 Å². The summed E-state index contributed by atoms with van der Waals surface area (Å²) in [6.45, 7) is 0.317. The van der Waals surface area contributed by atoms with Crippen LogP contribution in [-0.2, 0) is 9.47 Å². The Balaban J connectivity index is 2.41. The Labute approximate surface area is 59.4 Å². The fourth-order valence-electron chi connectivity index (χ4n) is 1.01. The second-order valence-corrected chi connectivity index (χ2v) is 2.37. The fourth-order valence-corrected chi connectivity index (χ4v) is 1.01. The van der Waals surface area contributed by atoms with Gasteiger partial charge in [0.15, 0.2) is 6.29 Å². The van der Waals surface area contributed by atoms with Crippen LogP contribution in [0.4, 0.5) is 0 Å². The van der Waals surface area contributed by atoms with E-state index in [-0.39, 0.29) is 12.5 Å². The molecule has 0 radical (unpaired) electrons. The van der Waals surface area contributed by atoms with E-state index in [0.717, 1.165) is 0 Å². The van der Waals surface area contributed by atoms with E-state index < -0.39 is 12.4 Å². The van der Waals surface area contributed by atoms with E-state index in [4.69, 9.17) is 14.6 Å². The third-order valence-electron chi connectivity index (χ3n) is 1.70. The zero-order valence-electron chi connectivity index (χ0n) is 5.86. The molecular weight excluding hydrogens is 136 g/mol. The van der Waals surface area contributed by atoms with Gasteiger partial charge in [-0.25, -0.2) is 0 Å². The lowest BCUT2D eigenvalue weighted by Gasteiger charge is -2.13. The predicted octanol–water partition coefficient (Wildman–Crippen LogP) is -1.04. The van der Waals surface area contributed by atoms with Crippen LogP contribution in [0.3, 0.4) is 0 Å². The van der Waals surface area contributed by atoms with Gasteiger partial charge in [0.2, 0.25) is 0 Å². The topological polar surface area (TPSA) is 58.9 Å². The van der Waals surface area contributed by atoms with E-state index in [1.807, 2.05) is 0 Å². The Morgan fingerprint density at radius 2 is 2.40 bits per heavy atom. The highest BCUT2D eigenvalue weighted by molar-refractivity contribution is 4.77. The van der Waals surface area contributed by atoms with Crippen LogP contribution in [0.25, 0.3) is 0 Å². The molecule has 60 valence electrons. The molecule has 4 heteroatoms. The molecule has 1 fully saturated rings. The van der Waals surface area contributed by atoms with Crippen molar-refractivity contribution in [2.45, 2.75) is 12.4 Å². The van der Waals surface area contributed by atoms with Gasteiger partial charge in [-0.2, -0.15) is 0 Å². The Morgan fingerprint density at radius 1 is 1.70 bits per heavy atom. The average Bonchev–Trinajstić information content (AvgIpc) is 2.30. The molecule has 4 nitrogen and oxygen atoms in total. The molecule has 0 aromatic carbocycles. The van der Waals surface area contributed by atoms with Gasteiger partial charge in [-0.15, -0.1) is 0 Å². The van der Waals surface area contributed by atoms with Gasteiger partial charge in [-0.05, 0) is 0 Å². The van der Waals surface area contributed by atoms with Crippen LogP contribution in [0, 0.1) is 5.92 Å². The number of aliphatic hydroxyl groups excluding tert-OH is 2. The van der Waals surface area contributed by atoms with Crippen molar-refractivity contribution in [3.63, 3.8) is 0 Å². The maximum absolute atomic E-state index is 9.24. The molecule has 0 saturated carbocycles. The minimum Gasteiger partial charge on any atom is -0.396 e. The van der Waals surface area contributed by atoms with E-state index in [0.29, 0.717) is 6.61 Å². The highest BCUT2D eigenvalue weighted by atomic mass is 16.7. The molecule has 0 aromatic heterocycles. The molecule has 2 N–H and O–H groups in total. The van der Waals surface area contributed by atoms with Crippen molar-refractivity contribution in [3.8, 4) is 0 Å². The minimum atomic E-state index is -0.685. The maximum atomic E-state index is 9.24. The van der Waals surface area contributed by atoms with E-state index in [1.165, 1.54) is 7.11 Å². The smallest absolute Gasteiger partial charge is 0.183 e. The summed E-state index contributed by atoms with van der Waals surface area (Å²) in [7, 11) is 1.47. The molecule has 1 aliphatic rings. The molecule has 0 aliphatic carbocycles. The zero-order chi connectivity index (χ0) is 7.56. The highest BCUT2D eigenvalue weighted by Crippen LogP contribution is 2.19. The number of hydrogen-bond donors (Lipinski definition) is 2. The normalized spacial score (nSPS) is 40.5. The molecule has 0 amide bonds. The minimum absolute atomic E-state index is 0.0545. The van der Waals surface area contributed by atoms with Crippen LogP contribution in [0.5, 0.6) is 0 Å². The Morgan fingerprint density at radius 3 is 2.70 bits per heavy atom. The molecular formula is C6H12O4. The summed E-state index contributed by atoms with van der Waals surface area (Å²) in [6.07, 6.45) is -1.24. The van der Waals surface area contributed by atoms with E-state index >= 15 is 0 Å². The average molecular weight is 148 g/mol. The Hall–Kier alpha value is -0.160. The summed E-state index contributed by atoms with van der Waals surface area (Å²) in [5.41, 5.74) is 0.